The molecule has 21 heavy (non-hydrogen) atoms. The van der Waals surface area contributed by atoms with Gasteiger partial charge < -0.3 is 4.90 Å². The smallest absolute Gasteiger partial charge is 0.231 e. The van der Waals surface area contributed by atoms with Gasteiger partial charge in [0, 0.05) is 23.3 Å². The molecule has 0 aliphatic carbocycles. The van der Waals surface area contributed by atoms with E-state index >= 15 is 0 Å². The van der Waals surface area contributed by atoms with Gasteiger partial charge in [-0.15, -0.1) is 0 Å². The van der Waals surface area contributed by atoms with Crippen molar-refractivity contribution < 1.29 is 9.18 Å². The Kier molecular flexibility index (Phi) is 3.76. The highest BCUT2D eigenvalue weighted by molar-refractivity contribution is 9.09. The molecule has 0 aromatic heterocycles. The Balaban J connectivity index is 2.00. The number of anilines is 1. The van der Waals surface area contributed by atoms with Crippen molar-refractivity contribution >= 4 is 39.1 Å². The van der Waals surface area contributed by atoms with Crippen LogP contribution in [0.25, 0.3) is 0 Å². The summed E-state index contributed by atoms with van der Waals surface area (Å²) in [4.78, 5) is 13.1. The van der Waals surface area contributed by atoms with Gasteiger partial charge in [0.1, 0.15) is 5.82 Å². The molecule has 0 bridgehead atoms. The molecule has 0 fully saturated rings. The topological polar surface area (TPSA) is 20.3 Å². The third-order valence-electron chi connectivity index (χ3n) is 3.70. The highest BCUT2D eigenvalue weighted by Crippen LogP contribution is 2.37. The minimum absolute atomic E-state index is 0.0715. The van der Waals surface area contributed by atoms with E-state index in [1.165, 1.54) is 12.1 Å². The molecule has 1 atom stereocenters. The number of carbonyl (C=O) groups excluding carboxylic acids is 1. The number of halogens is 3. The molecule has 2 aromatic carbocycles. The lowest BCUT2D eigenvalue weighted by Gasteiger charge is -2.15. The lowest BCUT2D eigenvalue weighted by molar-refractivity contribution is -0.117. The Labute approximate surface area is 135 Å². The van der Waals surface area contributed by atoms with Gasteiger partial charge in [0.15, 0.2) is 0 Å². The van der Waals surface area contributed by atoms with E-state index in [9.17, 15) is 9.18 Å². The Bertz CT molecular complexity index is 734. The normalized spacial score (nSPS) is 15.2. The van der Waals surface area contributed by atoms with Gasteiger partial charge in [-0.25, -0.2) is 4.39 Å². The van der Waals surface area contributed by atoms with E-state index in [1.54, 1.807) is 18.0 Å². The highest BCUT2D eigenvalue weighted by Gasteiger charge is 2.25. The van der Waals surface area contributed by atoms with Crippen molar-refractivity contribution in [1.82, 2.24) is 0 Å². The van der Waals surface area contributed by atoms with Crippen LogP contribution in [0, 0.1) is 5.82 Å². The first-order valence-electron chi connectivity index (χ1n) is 6.46. The molecule has 0 saturated heterocycles. The number of alkyl halides is 1. The third-order valence-corrected chi connectivity index (χ3v) is 4.96. The summed E-state index contributed by atoms with van der Waals surface area (Å²) in [6, 6.07) is 10.2. The molecule has 0 saturated carbocycles. The maximum atomic E-state index is 14.0. The second kappa shape index (κ2) is 5.43. The first-order chi connectivity index (χ1) is 9.97. The predicted molar refractivity (Wildman–Crippen MR) is 85.7 cm³/mol. The van der Waals surface area contributed by atoms with Gasteiger partial charge in [0.25, 0.3) is 0 Å². The SMILES string of the molecule is CN1C(=O)Cc2cc(C(Br)c3cc(Cl)ccc3F)ccc21. The molecule has 1 amide bonds. The van der Waals surface area contributed by atoms with E-state index in [0.29, 0.717) is 17.0 Å². The largest absolute Gasteiger partial charge is 0.315 e. The van der Waals surface area contributed by atoms with Gasteiger partial charge >= 0.3 is 0 Å². The van der Waals surface area contributed by atoms with Crippen molar-refractivity contribution in [2.75, 3.05) is 11.9 Å². The van der Waals surface area contributed by atoms with Crippen LogP contribution in [0.4, 0.5) is 10.1 Å². The van der Waals surface area contributed by atoms with Crippen LogP contribution < -0.4 is 4.90 Å². The van der Waals surface area contributed by atoms with Gasteiger partial charge in [-0.1, -0.05) is 39.7 Å². The molecule has 2 nitrogen and oxygen atoms in total. The Morgan fingerprint density at radius 1 is 1.29 bits per heavy atom. The number of rotatable bonds is 2. The number of likely N-dealkylation sites (N-methyl/N-ethyl adjacent to an activating group) is 1. The van der Waals surface area contributed by atoms with E-state index in [1.807, 2.05) is 18.2 Å². The summed E-state index contributed by atoms with van der Waals surface area (Å²) in [5.74, 6) is -0.239. The molecular weight excluding hydrogens is 357 g/mol. The van der Waals surface area contributed by atoms with E-state index in [0.717, 1.165) is 16.8 Å². The van der Waals surface area contributed by atoms with Crippen LogP contribution in [0.1, 0.15) is 21.5 Å². The average Bonchev–Trinajstić information content (AvgIpc) is 2.75. The number of fused-ring (bicyclic) bond motifs is 1. The summed E-state index contributed by atoms with van der Waals surface area (Å²) in [5, 5.41) is 0.493. The minimum atomic E-state index is -0.310. The Morgan fingerprint density at radius 3 is 2.81 bits per heavy atom. The molecule has 1 heterocycles. The van der Waals surface area contributed by atoms with Gasteiger partial charge in [-0.05, 0) is 35.4 Å². The second-order valence-corrected chi connectivity index (χ2v) is 6.40. The first-order valence-corrected chi connectivity index (χ1v) is 7.75. The van der Waals surface area contributed by atoms with Crippen LogP contribution in [-0.4, -0.2) is 13.0 Å². The van der Waals surface area contributed by atoms with Gasteiger partial charge in [0.2, 0.25) is 5.91 Å². The number of amides is 1. The van der Waals surface area contributed by atoms with Gasteiger partial charge in [0.05, 0.1) is 11.2 Å². The minimum Gasteiger partial charge on any atom is -0.315 e. The summed E-state index contributed by atoms with van der Waals surface area (Å²) in [7, 11) is 1.76. The second-order valence-electron chi connectivity index (χ2n) is 5.05. The predicted octanol–water partition coefficient (Wildman–Crippen LogP) is 4.48. The zero-order valence-corrected chi connectivity index (χ0v) is 13.6. The monoisotopic (exact) mass is 367 g/mol. The molecule has 1 aliphatic rings. The van der Waals surface area contributed by atoms with Crippen LogP contribution in [-0.2, 0) is 11.2 Å². The molecule has 2 aromatic rings. The summed E-state index contributed by atoms with van der Waals surface area (Å²) in [6.07, 6.45) is 0.386. The van der Waals surface area contributed by atoms with E-state index in [-0.39, 0.29) is 16.6 Å². The fourth-order valence-electron chi connectivity index (χ4n) is 2.54. The molecule has 5 heteroatoms. The van der Waals surface area contributed by atoms with Gasteiger partial charge in [-0.3, -0.25) is 4.79 Å². The Morgan fingerprint density at radius 2 is 2.05 bits per heavy atom. The van der Waals surface area contributed by atoms with Crippen molar-refractivity contribution in [3.05, 3.63) is 63.9 Å². The number of hydrogen-bond acceptors (Lipinski definition) is 1. The van der Waals surface area contributed by atoms with E-state index in [2.05, 4.69) is 15.9 Å². The van der Waals surface area contributed by atoms with Gasteiger partial charge in [-0.2, -0.15) is 0 Å². The quantitative estimate of drug-likeness (QED) is 0.716. The molecule has 3 rings (SSSR count). The van der Waals surface area contributed by atoms with Crippen LogP contribution in [0.15, 0.2) is 36.4 Å². The summed E-state index contributed by atoms with van der Waals surface area (Å²) >= 11 is 9.46. The maximum absolute atomic E-state index is 14.0. The zero-order chi connectivity index (χ0) is 15.1. The molecule has 108 valence electrons. The molecule has 1 unspecified atom stereocenters. The summed E-state index contributed by atoms with van der Waals surface area (Å²) < 4.78 is 14.0. The fourth-order valence-corrected chi connectivity index (χ4v) is 3.35. The molecule has 0 spiro atoms. The van der Waals surface area contributed by atoms with Crippen LogP contribution in [0.2, 0.25) is 5.02 Å². The van der Waals surface area contributed by atoms with Crippen molar-refractivity contribution in [1.29, 1.82) is 0 Å². The van der Waals surface area contributed by atoms with Crippen molar-refractivity contribution in [2.24, 2.45) is 0 Å². The summed E-state index contributed by atoms with van der Waals surface area (Å²) in [5.41, 5.74) is 3.26. The molecule has 1 aliphatic heterocycles. The third kappa shape index (κ3) is 2.58. The first kappa shape index (κ1) is 14.5. The number of nitrogens with zero attached hydrogens (tertiary/aromatic N) is 1. The Hall–Kier alpha value is -1.39. The van der Waals surface area contributed by atoms with Crippen molar-refractivity contribution in [3.63, 3.8) is 0 Å². The fraction of sp³-hybridized carbons (Fsp3) is 0.188. The number of benzene rings is 2. The average molecular weight is 369 g/mol. The highest BCUT2D eigenvalue weighted by atomic mass is 79.9. The lowest BCUT2D eigenvalue weighted by atomic mass is 10.0. The van der Waals surface area contributed by atoms with Crippen LogP contribution in [0.3, 0.4) is 0 Å². The maximum Gasteiger partial charge on any atom is 0.231 e. The standard InChI is InChI=1S/C16H12BrClFNO/c1-20-14-5-2-9(6-10(14)7-15(20)21)16(17)12-8-11(18)3-4-13(12)19/h2-6,8,16H,7H2,1H3. The summed E-state index contributed by atoms with van der Waals surface area (Å²) in [6.45, 7) is 0. The van der Waals surface area contributed by atoms with Crippen molar-refractivity contribution in [3.8, 4) is 0 Å². The van der Waals surface area contributed by atoms with Crippen LogP contribution in [0.5, 0.6) is 0 Å². The zero-order valence-electron chi connectivity index (χ0n) is 11.2. The number of carbonyl (C=O) groups is 1. The lowest BCUT2D eigenvalue weighted by Crippen LogP contribution is -2.20. The van der Waals surface area contributed by atoms with Crippen LogP contribution >= 0.6 is 27.5 Å². The van der Waals surface area contributed by atoms with E-state index < -0.39 is 0 Å². The molecule has 0 radical (unpaired) electrons. The number of hydrogen-bond donors (Lipinski definition) is 0. The molecule has 0 N–H and O–H groups in total. The molecular formula is C16H12BrClFNO. The van der Waals surface area contributed by atoms with Crippen molar-refractivity contribution in [2.45, 2.75) is 11.2 Å². The van der Waals surface area contributed by atoms with E-state index in [4.69, 9.17) is 11.6 Å².